The molecule has 0 aromatic heterocycles. The Morgan fingerprint density at radius 2 is 1.74 bits per heavy atom. The summed E-state index contributed by atoms with van der Waals surface area (Å²) in [5.41, 5.74) is 2.93. The van der Waals surface area contributed by atoms with E-state index in [4.69, 9.17) is 9.73 Å². The van der Waals surface area contributed by atoms with Crippen molar-refractivity contribution in [1.29, 1.82) is 0 Å². The minimum absolute atomic E-state index is 0.00559. The van der Waals surface area contributed by atoms with Crippen LogP contribution in [0.4, 0.5) is 5.69 Å². The summed E-state index contributed by atoms with van der Waals surface area (Å²) in [6.07, 6.45) is 1.95. The van der Waals surface area contributed by atoms with Crippen LogP contribution in [0.2, 0.25) is 0 Å². The van der Waals surface area contributed by atoms with E-state index in [0.717, 1.165) is 22.4 Å². The molecule has 34 heavy (non-hydrogen) atoms. The van der Waals surface area contributed by atoms with E-state index in [9.17, 15) is 9.59 Å². The molecule has 1 aliphatic heterocycles. The molecule has 0 fully saturated rings. The predicted molar refractivity (Wildman–Crippen MR) is 136 cm³/mol. The highest BCUT2D eigenvalue weighted by molar-refractivity contribution is 8.14. The van der Waals surface area contributed by atoms with Crippen LogP contribution in [-0.2, 0) is 25.5 Å². The largest absolute Gasteiger partial charge is 0.466 e. The van der Waals surface area contributed by atoms with Crippen LogP contribution in [0.15, 0.2) is 82.3 Å². The van der Waals surface area contributed by atoms with Crippen LogP contribution in [0.1, 0.15) is 25.0 Å². The number of carbonyl (C=O) groups excluding carboxylic acids is 2. The third-order valence-electron chi connectivity index (χ3n) is 5.50. The molecular weight excluding hydrogens is 448 g/mol. The molecule has 0 spiro atoms. The second kappa shape index (κ2) is 9.73. The van der Waals surface area contributed by atoms with E-state index >= 15 is 0 Å². The number of thioether (sulfide) groups is 1. The summed E-state index contributed by atoms with van der Waals surface area (Å²) < 4.78 is 9.35. The number of ether oxygens (including phenoxy) is 2. The van der Waals surface area contributed by atoms with Crippen LogP contribution < -0.4 is 5.32 Å². The molecule has 6 nitrogen and oxygen atoms in total. The van der Waals surface area contributed by atoms with Crippen molar-refractivity contribution < 1.29 is 19.1 Å². The van der Waals surface area contributed by atoms with Gasteiger partial charge in [-0.1, -0.05) is 48.2 Å². The van der Waals surface area contributed by atoms with Gasteiger partial charge in [0.15, 0.2) is 0 Å². The molecule has 0 atom stereocenters. The summed E-state index contributed by atoms with van der Waals surface area (Å²) >= 11 is 1.61. The van der Waals surface area contributed by atoms with Gasteiger partial charge in [-0.25, -0.2) is 9.59 Å². The zero-order chi connectivity index (χ0) is 24.3. The average molecular weight is 475 g/mol. The summed E-state index contributed by atoms with van der Waals surface area (Å²) in [6, 6.07) is 20.4. The highest BCUT2D eigenvalue weighted by atomic mass is 32.2. The molecule has 0 saturated carbocycles. The first-order chi connectivity index (χ1) is 16.3. The lowest BCUT2D eigenvalue weighted by molar-refractivity contribution is -0.138. The molecule has 0 bridgehead atoms. The molecular formula is C27H26N2O4S. The lowest BCUT2D eigenvalue weighted by atomic mass is 9.86. The van der Waals surface area contributed by atoms with Crippen LogP contribution in [0.25, 0.3) is 10.8 Å². The third kappa shape index (κ3) is 5.15. The van der Waals surface area contributed by atoms with Gasteiger partial charge in [-0.2, -0.15) is 0 Å². The highest BCUT2D eigenvalue weighted by Gasteiger charge is 2.28. The summed E-state index contributed by atoms with van der Waals surface area (Å²) in [5, 5.41) is 6.41. The Hall–Kier alpha value is -3.58. The number of carbonyl (C=O) groups is 2. The second-order valence-corrected chi connectivity index (χ2v) is 9.61. The van der Waals surface area contributed by atoms with E-state index in [1.165, 1.54) is 36.1 Å². The average Bonchev–Trinajstić information content (AvgIpc) is 2.83. The van der Waals surface area contributed by atoms with E-state index in [2.05, 4.69) is 60.3 Å². The van der Waals surface area contributed by atoms with Crippen molar-refractivity contribution in [3.63, 3.8) is 0 Å². The Bertz CT molecular complexity index is 1310. The third-order valence-corrected chi connectivity index (χ3v) is 6.51. The Balaban J connectivity index is 1.59. The number of aliphatic imine (C=N–C) groups is 1. The monoisotopic (exact) mass is 474 g/mol. The number of anilines is 1. The van der Waals surface area contributed by atoms with Crippen LogP contribution in [0.5, 0.6) is 0 Å². The first-order valence-electron chi connectivity index (χ1n) is 10.8. The molecule has 3 aromatic rings. The summed E-state index contributed by atoms with van der Waals surface area (Å²) in [7, 11) is 2.50. The van der Waals surface area contributed by atoms with Gasteiger partial charge in [0.1, 0.15) is 10.7 Å². The van der Waals surface area contributed by atoms with Crippen LogP contribution in [0.3, 0.4) is 0 Å². The number of hydrogen-bond donors (Lipinski definition) is 1. The van der Waals surface area contributed by atoms with Gasteiger partial charge >= 0.3 is 11.9 Å². The SMILES string of the molecule is COC(=O)/C=C(/Nc1ccc(SC2=NC(C)(C)Cc3c2ccc2ccccc32)cc1)C(=O)OC. The minimum Gasteiger partial charge on any atom is -0.466 e. The van der Waals surface area contributed by atoms with Crippen molar-refractivity contribution in [2.45, 2.75) is 30.7 Å². The highest BCUT2D eigenvalue weighted by Crippen LogP contribution is 2.37. The molecule has 0 radical (unpaired) electrons. The van der Waals surface area contributed by atoms with Gasteiger partial charge in [-0.3, -0.25) is 4.99 Å². The van der Waals surface area contributed by atoms with Crippen LogP contribution >= 0.6 is 11.8 Å². The quantitative estimate of drug-likeness (QED) is 0.397. The van der Waals surface area contributed by atoms with Crippen molar-refractivity contribution in [1.82, 2.24) is 0 Å². The number of benzene rings is 3. The molecule has 0 unspecified atom stereocenters. The number of rotatable bonds is 5. The number of esters is 2. The number of fused-ring (bicyclic) bond motifs is 3. The number of nitrogens with zero attached hydrogens (tertiary/aromatic N) is 1. The van der Waals surface area contributed by atoms with E-state index in [0.29, 0.717) is 5.69 Å². The maximum absolute atomic E-state index is 12.0. The standard InChI is InChI=1S/C27H26N2O4S/c1-27(2)16-22-20-8-6-5-7-17(20)9-14-21(22)25(29-27)34-19-12-10-18(11-13-19)28-23(26(31)33-4)15-24(30)32-3/h5-15,28H,16H2,1-4H3/b23-15+. The lowest BCUT2D eigenvalue weighted by Crippen LogP contribution is -2.28. The van der Waals surface area contributed by atoms with Crippen molar-refractivity contribution in [3.8, 4) is 0 Å². The smallest absolute Gasteiger partial charge is 0.354 e. The Labute approximate surface area is 203 Å². The molecule has 0 saturated heterocycles. The van der Waals surface area contributed by atoms with Crippen molar-refractivity contribution in [2.24, 2.45) is 4.99 Å². The minimum atomic E-state index is -0.661. The van der Waals surface area contributed by atoms with Gasteiger partial charge in [0.25, 0.3) is 0 Å². The van der Waals surface area contributed by atoms with E-state index in [1.54, 1.807) is 11.8 Å². The van der Waals surface area contributed by atoms with Crippen molar-refractivity contribution in [2.75, 3.05) is 19.5 Å². The fourth-order valence-corrected chi connectivity index (χ4v) is 5.01. The molecule has 1 aliphatic rings. The van der Waals surface area contributed by atoms with Crippen LogP contribution in [-0.4, -0.2) is 36.7 Å². The molecule has 1 heterocycles. The zero-order valence-corrected chi connectivity index (χ0v) is 20.4. The maximum atomic E-state index is 12.0. The van der Waals surface area contributed by atoms with Gasteiger partial charge in [-0.05, 0) is 60.9 Å². The first kappa shape index (κ1) is 23.6. The number of nitrogens with one attached hydrogen (secondary N) is 1. The molecule has 7 heteroatoms. The maximum Gasteiger partial charge on any atom is 0.354 e. The van der Waals surface area contributed by atoms with Crippen LogP contribution in [0, 0.1) is 0 Å². The van der Waals surface area contributed by atoms with Gasteiger partial charge in [0.05, 0.1) is 25.8 Å². The summed E-state index contributed by atoms with van der Waals surface area (Å²) in [4.78, 5) is 29.6. The molecule has 174 valence electrons. The fraction of sp³-hybridized carbons (Fsp3) is 0.222. The first-order valence-corrected chi connectivity index (χ1v) is 11.6. The molecule has 1 N–H and O–H groups in total. The molecule has 3 aromatic carbocycles. The van der Waals surface area contributed by atoms with Gasteiger partial charge in [-0.15, -0.1) is 0 Å². The summed E-state index contributed by atoms with van der Waals surface area (Å²) in [5.74, 6) is -1.31. The van der Waals surface area contributed by atoms with Gasteiger partial charge < -0.3 is 14.8 Å². The Morgan fingerprint density at radius 1 is 1.00 bits per heavy atom. The normalized spacial score (nSPS) is 14.7. The van der Waals surface area contributed by atoms with Gasteiger partial charge in [0, 0.05) is 16.1 Å². The summed E-state index contributed by atoms with van der Waals surface area (Å²) in [6.45, 7) is 4.32. The van der Waals surface area contributed by atoms with E-state index in [1.807, 2.05) is 24.3 Å². The van der Waals surface area contributed by atoms with E-state index < -0.39 is 11.9 Å². The zero-order valence-electron chi connectivity index (χ0n) is 19.5. The van der Waals surface area contributed by atoms with E-state index in [-0.39, 0.29) is 11.2 Å². The Kier molecular flexibility index (Phi) is 6.75. The molecule has 4 rings (SSSR count). The Morgan fingerprint density at radius 3 is 2.44 bits per heavy atom. The molecule has 0 amide bonds. The second-order valence-electron chi connectivity index (χ2n) is 8.54. The van der Waals surface area contributed by atoms with Crippen molar-refractivity contribution in [3.05, 3.63) is 83.6 Å². The lowest BCUT2D eigenvalue weighted by Gasteiger charge is -2.29. The van der Waals surface area contributed by atoms with Crippen molar-refractivity contribution >= 4 is 45.2 Å². The number of hydrogen-bond acceptors (Lipinski definition) is 7. The number of methoxy groups -OCH3 is 2. The topological polar surface area (TPSA) is 77.0 Å². The predicted octanol–water partition coefficient (Wildman–Crippen LogP) is 5.36. The fourth-order valence-electron chi connectivity index (χ4n) is 3.92. The molecule has 0 aliphatic carbocycles. The van der Waals surface area contributed by atoms with Gasteiger partial charge in [0.2, 0.25) is 0 Å².